The molecule has 2 saturated heterocycles. The predicted molar refractivity (Wildman–Crippen MR) is 192 cm³/mol. The van der Waals surface area contributed by atoms with E-state index in [0.717, 1.165) is 5.56 Å². The fourth-order valence-electron chi connectivity index (χ4n) is 8.81. The molecule has 0 radical (unpaired) electrons. The molecule has 0 saturated carbocycles. The third-order valence-corrected chi connectivity index (χ3v) is 10.6. The molecule has 0 unspecified atom stereocenters. The number of esters is 1. The van der Waals surface area contributed by atoms with Crippen LogP contribution >= 0.6 is 0 Å². The van der Waals surface area contributed by atoms with Crippen LogP contribution in [0.2, 0.25) is 0 Å². The van der Waals surface area contributed by atoms with Gasteiger partial charge in [-0.25, -0.2) is 0 Å². The van der Waals surface area contributed by atoms with Crippen LogP contribution in [-0.4, -0.2) is 87.6 Å². The van der Waals surface area contributed by atoms with Gasteiger partial charge in [0, 0.05) is 18.5 Å². The smallest absolute Gasteiger partial charge is 0.313 e. The van der Waals surface area contributed by atoms with E-state index in [1.165, 1.54) is 4.90 Å². The Labute approximate surface area is 300 Å². The Balaban J connectivity index is 1.46. The first-order valence-corrected chi connectivity index (χ1v) is 18.1. The summed E-state index contributed by atoms with van der Waals surface area (Å²) in [6.07, 6.45) is 7.14. The number of likely N-dealkylation sites (tertiary alicyclic amines) is 1. The van der Waals surface area contributed by atoms with Crippen LogP contribution < -0.4 is 5.32 Å². The van der Waals surface area contributed by atoms with Gasteiger partial charge in [-0.3, -0.25) is 19.2 Å². The number of aliphatic hydroxyl groups is 1. The SMILES string of the molecule is CC(C)(C)CC(C)(C)N1CC=C[C@@]23O[C@H]4/C=C\CCC(=O)NC[C@H](c5ccccc5)OC(=O)[C@H]4[C@@H]2C(=O)N([C@@H](CO)Cc2ccccc2)[C@H]3C1=O. The van der Waals surface area contributed by atoms with Gasteiger partial charge in [0.05, 0.1) is 31.2 Å². The maximum Gasteiger partial charge on any atom is 0.313 e. The second-order valence-electron chi connectivity index (χ2n) is 16.1. The summed E-state index contributed by atoms with van der Waals surface area (Å²) in [6.45, 7) is 10.4. The molecule has 6 rings (SSSR count). The number of fused-ring (bicyclic) bond motifs is 2. The molecule has 4 aliphatic rings. The quantitative estimate of drug-likeness (QED) is 0.322. The molecule has 0 bridgehead atoms. The van der Waals surface area contributed by atoms with E-state index in [-0.39, 0.29) is 30.2 Å². The fraction of sp³-hybridized carbons (Fsp3) is 0.512. The lowest BCUT2D eigenvalue weighted by Crippen LogP contribution is -2.62. The molecule has 1 spiro atoms. The number of hydrogen-bond acceptors (Lipinski definition) is 7. The van der Waals surface area contributed by atoms with Gasteiger partial charge >= 0.3 is 5.97 Å². The lowest BCUT2D eigenvalue weighted by molar-refractivity contribution is -0.161. The fourth-order valence-corrected chi connectivity index (χ4v) is 8.81. The van der Waals surface area contributed by atoms with E-state index in [1.54, 1.807) is 12.2 Å². The predicted octanol–water partition coefficient (Wildman–Crippen LogP) is 4.53. The van der Waals surface area contributed by atoms with Gasteiger partial charge in [-0.05, 0) is 49.7 Å². The van der Waals surface area contributed by atoms with Crippen LogP contribution in [0.5, 0.6) is 0 Å². The maximum atomic E-state index is 15.2. The third kappa shape index (κ3) is 7.26. The minimum atomic E-state index is -1.51. The lowest BCUT2D eigenvalue weighted by atomic mass is 9.77. The molecule has 272 valence electrons. The zero-order valence-electron chi connectivity index (χ0n) is 30.3. The maximum absolute atomic E-state index is 15.2. The van der Waals surface area contributed by atoms with Crippen molar-refractivity contribution in [3.63, 3.8) is 0 Å². The van der Waals surface area contributed by atoms with Gasteiger partial charge in [0.1, 0.15) is 23.7 Å². The minimum Gasteiger partial charge on any atom is -0.455 e. The molecule has 51 heavy (non-hydrogen) atoms. The van der Waals surface area contributed by atoms with E-state index >= 15 is 9.59 Å². The molecule has 3 amide bonds. The van der Waals surface area contributed by atoms with Crippen LogP contribution in [0.1, 0.15) is 71.1 Å². The molecule has 2 aromatic rings. The van der Waals surface area contributed by atoms with Gasteiger partial charge < -0.3 is 29.7 Å². The van der Waals surface area contributed by atoms with Gasteiger partial charge in [-0.1, -0.05) is 106 Å². The number of ether oxygens (including phenoxy) is 2. The number of allylic oxidation sites excluding steroid dienone is 1. The zero-order chi connectivity index (χ0) is 36.6. The number of rotatable bonds is 7. The monoisotopic (exact) mass is 697 g/mol. The van der Waals surface area contributed by atoms with E-state index in [0.29, 0.717) is 31.4 Å². The highest BCUT2D eigenvalue weighted by atomic mass is 16.6. The highest BCUT2D eigenvalue weighted by Crippen LogP contribution is 2.54. The summed E-state index contributed by atoms with van der Waals surface area (Å²) < 4.78 is 13.1. The van der Waals surface area contributed by atoms with E-state index < -0.39 is 65.8 Å². The van der Waals surface area contributed by atoms with Crippen LogP contribution in [-0.2, 0) is 35.1 Å². The first-order chi connectivity index (χ1) is 24.3. The molecule has 2 N–H and O–H groups in total. The normalized spacial score (nSPS) is 29.9. The average molecular weight is 698 g/mol. The van der Waals surface area contributed by atoms with E-state index in [1.807, 2.05) is 91.6 Å². The highest BCUT2D eigenvalue weighted by molar-refractivity contribution is 5.99. The van der Waals surface area contributed by atoms with Crippen molar-refractivity contribution in [2.45, 2.75) is 95.7 Å². The Morgan fingerprint density at radius 2 is 1.63 bits per heavy atom. The summed E-state index contributed by atoms with van der Waals surface area (Å²) in [5.41, 5.74) is -0.613. The van der Waals surface area contributed by atoms with Gasteiger partial charge in [0.2, 0.25) is 17.7 Å². The van der Waals surface area contributed by atoms with Crippen molar-refractivity contribution in [2.24, 2.45) is 17.3 Å². The first-order valence-electron chi connectivity index (χ1n) is 18.1. The Bertz CT molecular complexity index is 1670. The second-order valence-corrected chi connectivity index (χ2v) is 16.1. The van der Waals surface area contributed by atoms with Crippen LogP contribution in [0, 0.1) is 17.3 Å². The third-order valence-electron chi connectivity index (χ3n) is 10.6. The van der Waals surface area contributed by atoms with Gasteiger partial charge in [-0.2, -0.15) is 0 Å². The molecule has 0 aliphatic carbocycles. The van der Waals surface area contributed by atoms with Crippen molar-refractivity contribution in [2.75, 3.05) is 19.7 Å². The number of cyclic esters (lactones) is 1. The van der Waals surface area contributed by atoms with E-state index in [9.17, 15) is 14.7 Å². The molecular formula is C41H51N3O7. The molecule has 10 nitrogen and oxygen atoms in total. The van der Waals surface area contributed by atoms with Crippen molar-refractivity contribution >= 4 is 23.7 Å². The van der Waals surface area contributed by atoms with Crippen molar-refractivity contribution in [1.82, 2.24) is 15.1 Å². The largest absolute Gasteiger partial charge is 0.455 e. The molecule has 0 aromatic heterocycles. The topological polar surface area (TPSA) is 125 Å². The van der Waals surface area contributed by atoms with E-state index in [2.05, 4.69) is 26.1 Å². The summed E-state index contributed by atoms with van der Waals surface area (Å²) in [7, 11) is 0. The summed E-state index contributed by atoms with van der Waals surface area (Å²) >= 11 is 0. The molecular weight excluding hydrogens is 646 g/mol. The van der Waals surface area contributed by atoms with Gasteiger partial charge in [-0.15, -0.1) is 0 Å². The van der Waals surface area contributed by atoms with Crippen molar-refractivity contribution < 1.29 is 33.8 Å². The summed E-state index contributed by atoms with van der Waals surface area (Å²) in [4.78, 5) is 60.8. The number of carbonyl (C=O) groups is 4. The first kappa shape index (κ1) is 36.5. The van der Waals surface area contributed by atoms with Gasteiger partial charge in [0.25, 0.3) is 0 Å². The number of aliphatic hydroxyl groups excluding tert-OH is 1. The molecule has 2 aromatic carbocycles. The second kappa shape index (κ2) is 14.4. The number of nitrogens with zero attached hydrogens (tertiary/aromatic N) is 2. The number of hydrogen-bond donors (Lipinski definition) is 2. The Kier molecular flexibility index (Phi) is 10.3. The number of carbonyl (C=O) groups excluding carboxylic acids is 4. The van der Waals surface area contributed by atoms with Crippen LogP contribution in [0.4, 0.5) is 0 Å². The van der Waals surface area contributed by atoms with Crippen molar-refractivity contribution in [3.05, 3.63) is 96.1 Å². The number of benzene rings is 2. The molecule has 10 heteroatoms. The summed E-state index contributed by atoms with van der Waals surface area (Å²) in [6, 6.07) is 16.8. The Morgan fingerprint density at radius 1 is 0.941 bits per heavy atom. The van der Waals surface area contributed by atoms with Gasteiger partial charge in [0.15, 0.2) is 0 Å². The minimum absolute atomic E-state index is 0.0644. The standard InChI is InChI=1S/C41H51N3O7/c1-39(2,3)26-40(4,5)43-22-14-21-41-34(36(47)44(35(41)37(43)48)29(25-45)23-27-15-8-6-9-16-27)33-30(51-41)19-12-13-20-32(46)42-24-31(50-38(33)49)28-17-10-7-11-18-28/h6-12,14-19,21,29-31,33-35,45H,13,20,22-26H2,1-5H3,(H,42,46)/b19-12-/t29-,30+,31-,33-,34-,35+,41-/m1/s1. The molecule has 2 fully saturated rings. The molecule has 4 heterocycles. The summed E-state index contributed by atoms with van der Waals surface area (Å²) in [5.74, 6) is -3.74. The molecule has 4 aliphatic heterocycles. The Morgan fingerprint density at radius 3 is 2.29 bits per heavy atom. The van der Waals surface area contributed by atoms with Crippen molar-refractivity contribution in [1.29, 1.82) is 0 Å². The van der Waals surface area contributed by atoms with Crippen LogP contribution in [0.3, 0.4) is 0 Å². The summed E-state index contributed by atoms with van der Waals surface area (Å²) in [5, 5.41) is 13.8. The van der Waals surface area contributed by atoms with Crippen LogP contribution in [0.15, 0.2) is 85.0 Å². The van der Waals surface area contributed by atoms with E-state index in [4.69, 9.17) is 9.47 Å². The number of amides is 3. The lowest BCUT2D eigenvalue weighted by Gasteiger charge is -2.45. The average Bonchev–Trinajstić information content (AvgIpc) is 3.47. The number of nitrogens with one attached hydrogen (secondary N) is 1. The van der Waals surface area contributed by atoms with Crippen molar-refractivity contribution in [3.8, 4) is 0 Å². The Hall–Kier alpha value is -4.28. The zero-order valence-corrected chi connectivity index (χ0v) is 30.3. The molecule has 7 atom stereocenters. The van der Waals surface area contributed by atoms with Crippen LogP contribution in [0.25, 0.3) is 0 Å². The highest BCUT2D eigenvalue weighted by Gasteiger charge is 2.73.